The lowest BCUT2D eigenvalue weighted by molar-refractivity contribution is 0.0189. The average molecular weight is 152 g/mol. The van der Waals surface area contributed by atoms with Crippen molar-refractivity contribution in [2.24, 2.45) is 0 Å². The summed E-state index contributed by atoms with van der Waals surface area (Å²) in [5.41, 5.74) is 0. The van der Waals surface area contributed by atoms with Crippen molar-refractivity contribution in [3.8, 4) is 0 Å². The van der Waals surface area contributed by atoms with E-state index in [0.29, 0.717) is 0 Å². The van der Waals surface area contributed by atoms with Crippen LogP contribution in [0.1, 0.15) is 13.8 Å². The smallest absolute Gasteiger partial charge is 0.367 e. The van der Waals surface area contributed by atoms with Gasteiger partial charge in [0.2, 0.25) is 0 Å². The second-order valence-electron chi connectivity index (χ2n) is 1.92. The molecule has 0 bridgehead atoms. The van der Waals surface area contributed by atoms with Crippen molar-refractivity contribution in [1.82, 2.24) is 0 Å². The van der Waals surface area contributed by atoms with Gasteiger partial charge in [0.25, 0.3) is 0 Å². The van der Waals surface area contributed by atoms with Gasteiger partial charge in [-0.25, -0.2) is 0 Å². The zero-order valence-corrected chi connectivity index (χ0v) is 6.79. The van der Waals surface area contributed by atoms with E-state index in [0.717, 1.165) is 0 Å². The molecule has 0 aliphatic heterocycles. The first-order valence-electron chi connectivity index (χ1n) is 2.65. The molecule has 0 atom stereocenters. The highest BCUT2D eigenvalue weighted by molar-refractivity contribution is 6.50. The van der Waals surface area contributed by atoms with Crippen LogP contribution in [0.4, 0.5) is 0 Å². The summed E-state index contributed by atoms with van der Waals surface area (Å²) in [6.45, 7) is 3.40. The quantitative estimate of drug-likeness (QED) is 0.534. The third kappa shape index (κ3) is 4.55. The SMILES string of the molecule is CO[Si](O)(O)OC(C)C. The Morgan fingerprint density at radius 3 is 1.89 bits per heavy atom. The highest BCUT2D eigenvalue weighted by Crippen LogP contribution is 1.99. The first-order chi connectivity index (χ1) is 3.98. The molecule has 0 aromatic rings. The van der Waals surface area contributed by atoms with E-state index in [1.807, 2.05) is 0 Å². The topological polar surface area (TPSA) is 58.9 Å². The molecule has 0 aromatic heterocycles. The molecular weight excluding hydrogens is 140 g/mol. The van der Waals surface area contributed by atoms with Crippen LogP contribution in [0.5, 0.6) is 0 Å². The average Bonchev–Trinajstić information content (AvgIpc) is 1.63. The number of rotatable bonds is 3. The van der Waals surface area contributed by atoms with Gasteiger partial charge in [0, 0.05) is 13.2 Å². The van der Waals surface area contributed by atoms with Gasteiger partial charge >= 0.3 is 9.05 Å². The summed E-state index contributed by atoms with van der Waals surface area (Å²) in [6, 6.07) is 0. The van der Waals surface area contributed by atoms with Crippen molar-refractivity contribution >= 4 is 9.05 Å². The third-order valence-electron chi connectivity index (χ3n) is 0.655. The van der Waals surface area contributed by atoms with Crippen LogP contribution in [0.3, 0.4) is 0 Å². The molecule has 0 spiro atoms. The summed E-state index contributed by atoms with van der Waals surface area (Å²) in [4.78, 5) is 17.5. The van der Waals surface area contributed by atoms with Crippen LogP contribution in [0.15, 0.2) is 0 Å². The van der Waals surface area contributed by atoms with Crippen LogP contribution in [-0.2, 0) is 8.85 Å². The molecule has 0 aliphatic rings. The Hall–Kier alpha value is 0.0569. The van der Waals surface area contributed by atoms with Crippen LogP contribution in [0.25, 0.3) is 0 Å². The van der Waals surface area contributed by atoms with E-state index < -0.39 is 9.05 Å². The molecule has 0 aliphatic carbocycles. The molecule has 0 heterocycles. The Labute approximate surface area is 55.5 Å². The molecule has 2 N–H and O–H groups in total. The van der Waals surface area contributed by atoms with E-state index in [9.17, 15) is 0 Å². The monoisotopic (exact) mass is 152 g/mol. The van der Waals surface area contributed by atoms with Crippen LogP contribution >= 0.6 is 0 Å². The lowest BCUT2D eigenvalue weighted by Crippen LogP contribution is -2.43. The number of hydrogen-bond acceptors (Lipinski definition) is 4. The molecular formula is C4H12O4Si. The fourth-order valence-corrected chi connectivity index (χ4v) is 1.07. The summed E-state index contributed by atoms with van der Waals surface area (Å²) in [7, 11) is -2.54. The maximum absolute atomic E-state index is 8.74. The van der Waals surface area contributed by atoms with E-state index in [4.69, 9.17) is 9.59 Å². The normalized spacial score (nSPS) is 12.7. The fraction of sp³-hybridized carbons (Fsp3) is 1.00. The van der Waals surface area contributed by atoms with Crippen LogP contribution < -0.4 is 0 Å². The Bertz CT molecular complexity index is 82.6. The molecule has 0 amide bonds. The standard InChI is InChI=1S/C4H12O4Si/c1-4(2)8-9(5,6)7-3/h4-6H,1-3H3. The largest absolute Gasteiger partial charge is 0.674 e. The van der Waals surface area contributed by atoms with Crippen LogP contribution in [0.2, 0.25) is 0 Å². The zero-order valence-electron chi connectivity index (χ0n) is 5.79. The Morgan fingerprint density at radius 2 is 1.78 bits per heavy atom. The van der Waals surface area contributed by atoms with Crippen molar-refractivity contribution in [2.75, 3.05) is 7.11 Å². The van der Waals surface area contributed by atoms with Crippen molar-refractivity contribution in [3.63, 3.8) is 0 Å². The summed E-state index contributed by atoms with van der Waals surface area (Å²) in [6.07, 6.45) is -0.216. The predicted molar refractivity (Wildman–Crippen MR) is 33.4 cm³/mol. The Morgan fingerprint density at radius 1 is 1.33 bits per heavy atom. The Balaban J connectivity index is 3.58. The third-order valence-corrected chi connectivity index (χ3v) is 1.97. The van der Waals surface area contributed by atoms with E-state index in [1.165, 1.54) is 7.11 Å². The summed E-state index contributed by atoms with van der Waals surface area (Å²) < 4.78 is 8.89. The van der Waals surface area contributed by atoms with Crippen molar-refractivity contribution in [2.45, 2.75) is 20.0 Å². The predicted octanol–water partition coefficient (Wildman–Crippen LogP) is -0.522. The van der Waals surface area contributed by atoms with Gasteiger partial charge in [0.05, 0.1) is 0 Å². The Kier molecular flexibility index (Phi) is 3.30. The minimum Gasteiger partial charge on any atom is -0.367 e. The summed E-state index contributed by atoms with van der Waals surface area (Å²) in [5, 5.41) is 0. The van der Waals surface area contributed by atoms with Crippen LogP contribution in [0, 0.1) is 0 Å². The number of hydrogen-bond donors (Lipinski definition) is 2. The minimum absolute atomic E-state index is 0.216. The maximum Gasteiger partial charge on any atom is 0.674 e. The van der Waals surface area contributed by atoms with Gasteiger partial charge in [-0.15, -0.1) is 0 Å². The van der Waals surface area contributed by atoms with Gasteiger partial charge in [-0.1, -0.05) is 0 Å². The molecule has 0 fully saturated rings. The second kappa shape index (κ2) is 3.28. The first-order valence-corrected chi connectivity index (χ1v) is 4.37. The van der Waals surface area contributed by atoms with E-state index in [2.05, 4.69) is 8.85 Å². The van der Waals surface area contributed by atoms with Gasteiger partial charge in [-0.2, -0.15) is 0 Å². The van der Waals surface area contributed by atoms with Crippen molar-refractivity contribution in [1.29, 1.82) is 0 Å². The van der Waals surface area contributed by atoms with Crippen LogP contribution in [-0.4, -0.2) is 31.9 Å². The molecule has 0 saturated carbocycles. The highest BCUT2D eigenvalue weighted by atomic mass is 28.4. The fourth-order valence-electron chi connectivity index (χ4n) is 0.355. The molecule has 56 valence electrons. The molecule has 9 heavy (non-hydrogen) atoms. The van der Waals surface area contributed by atoms with Gasteiger partial charge in [-0.3, -0.25) is 0 Å². The van der Waals surface area contributed by atoms with E-state index in [-0.39, 0.29) is 6.10 Å². The molecule has 5 heteroatoms. The molecule has 0 aromatic carbocycles. The van der Waals surface area contributed by atoms with Crippen molar-refractivity contribution < 1.29 is 18.4 Å². The molecule has 0 rings (SSSR count). The maximum atomic E-state index is 8.74. The van der Waals surface area contributed by atoms with E-state index in [1.54, 1.807) is 13.8 Å². The summed E-state index contributed by atoms with van der Waals surface area (Å²) >= 11 is 0. The molecule has 0 unspecified atom stereocenters. The van der Waals surface area contributed by atoms with Gasteiger partial charge < -0.3 is 18.4 Å². The second-order valence-corrected chi connectivity index (χ2v) is 3.66. The lowest BCUT2D eigenvalue weighted by atomic mass is 10.5. The van der Waals surface area contributed by atoms with Gasteiger partial charge in [0.1, 0.15) is 0 Å². The molecule has 0 saturated heterocycles. The van der Waals surface area contributed by atoms with Gasteiger partial charge in [-0.05, 0) is 13.8 Å². The van der Waals surface area contributed by atoms with Gasteiger partial charge in [0.15, 0.2) is 0 Å². The molecule has 0 radical (unpaired) electrons. The highest BCUT2D eigenvalue weighted by Gasteiger charge is 2.35. The minimum atomic E-state index is -3.74. The lowest BCUT2D eigenvalue weighted by Gasteiger charge is -2.16. The molecule has 4 nitrogen and oxygen atoms in total. The summed E-state index contributed by atoms with van der Waals surface area (Å²) in [5.74, 6) is 0. The van der Waals surface area contributed by atoms with E-state index >= 15 is 0 Å². The first kappa shape index (κ1) is 9.06. The zero-order chi connectivity index (χ0) is 7.49. The van der Waals surface area contributed by atoms with Crippen molar-refractivity contribution in [3.05, 3.63) is 0 Å².